The number of hydrogen-bond acceptors (Lipinski definition) is 4. The van der Waals surface area contributed by atoms with E-state index in [0.717, 1.165) is 32.5 Å². The third-order valence-corrected chi connectivity index (χ3v) is 6.09. The highest BCUT2D eigenvalue weighted by atomic mass is 35.5. The fourth-order valence-electron chi connectivity index (χ4n) is 4.19. The molecule has 2 heterocycles. The van der Waals surface area contributed by atoms with Crippen molar-refractivity contribution in [3.8, 4) is 0 Å². The van der Waals surface area contributed by atoms with E-state index in [4.69, 9.17) is 4.74 Å². The average Bonchev–Trinajstić information content (AvgIpc) is 2.69. The Morgan fingerprint density at radius 1 is 1.21 bits per heavy atom. The first-order valence-corrected chi connectivity index (χ1v) is 9.99. The van der Waals surface area contributed by atoms with E-state index in [2.05, 4.69) is 46.7 Å². The molecule has 0 spiro atoms. The number of nitrogens with one attached hydrogen (secondary N) is 2. The van der Waals surface area contributed by atoms with Crippen LogP contribution in [0.5, 0.6) is 0 Å². The maximum absolute atomic E-state index is 12.8. The monoisotopic (exact) mass is 431 g/mol. The molecule has 1 aromatic carbocycles. The molecule has 160 valence electrons. The molecule has 0 bridgehead atoms. The topological polar surface area (TPSA) is 53.6 Å². The Morgan fingerprint density at radius 2 is 1.89 bits per heavy atom. The Hall–Kier alpha value is -0.850. The van der Waals surface area contributed by atoms with Crippen LogP contribution in [0.15, 0.2) is 24.3 Å². The summed E-state index contributed by atoms with van der Waals surface area (Å²) in [6.45, 7) is 6.67. The van der Waals surface area contributed by atoms with Gasteiger partial charge in [0.15, 0.2) is 0 Å². The van der Waals surface area contributed by atoms with Crippen molar-refractivity contribution in [3.63, 3.8) is 0 Å². The zero-order chi connectivity index (χ0) is 18.4. The van der Waals surface area contributed by atoms with Crippen molar-refractivity contribution in [3.05, 3.63) is 35.4 Å². The lowest BCUT2D eigenvalue weighted by Gasteiger charge is -2.35. The minimum absolute atomic E-state index is 0. The van der Waals surface area contributed by atoms with Gasteiger partial charge in [0, 0.05) is 26.2 Å². The lowest BCUT2D eigenvalue weighted by atomic mass is 9.91. The highest BCUT2D eigenvalue weighted by molar-refractivity contribution is 5.86. The number of hydrogen-bond donors (Lipinski definition) is 2. The summed E-state index contributed by atoms with van der Waals surface area (Å²) in [7, 11) is 1.65. The quantitative estimate of drug-likeness (QED) is 0.725. The molecule has 0 radical (unpaired) electrons. The van der Waals surface area contributed by atoms with Gasteiger partial charge in [0.25, 0.3) is 5.91 Å². The molecule has 2 N–H and O–H groups in total. The SMILES string of the molecule is COC1(C(=O)NCc2ccccc2CN2CCCCC2C)CCNCC1.Cl.Cl. The highest BCUT2D eigenvalue weighted by Gasteiger charge is 2.39. The summed E-state index contributed by atoms with van der Waals surface area (Å²) in [5.41, 5.74) is 1.85. The Balaban J connectivity index is 0.00000196. The van der Waals surface area contributed by atoms with E-state index in [1.165, 1.54) is 36.9 Å². The third kappa shape index (κ3) is 6.07. The van der Waals surface area contributed by atoms with Crippen LogP contribution in [0.25, 0.3) is 0 Å². The fourth-order valence-corrected chi connectivity index (χ4v) is 4.19. The summed E-state index contributed by atoms with van der Waals surface area (Å²) in [5.74, 6) is 0.0163. The zero-order valence-electron chi connectivity index (χ0n) is 17.0. The molecule has 1 amide bonds. The van der Waals surface area contributed by atoms with Gasteiger partial charge in [-0.2, -0.15) is 0 Å². The summed E-state index contributed by atoms with van der Waals surface area (Å²) in [5, 5.41) is 6.43. The summed E-state index contributed by atoms with van der Waals surface area (Å²) in [4.78, 5) is 15.4. The van der Waals surface area contributed by atoms with Crippen molar-refractivity contribution < 1.29 is 9.53 Å². The molecular weight excluding hydrogens is 397 g/mol. The van der Waals surface area contributed by atoms with Crippen molar-refractivity contribution in [1.29, 1.82) is 0 Å². The van der Waals surface area contributed by atoms with Crippen LogP contribution in [0.4, 0.5) is 0 Å². The van der Waals surface area contributed by atoms with Gasteiger partial charge >= 0.3 is 0 Å². The number of amides is 1. The molecule has 1 unspecified atom stereocenters. The summed E-state index contributed by atoms with van der Waals surface area (Å²) in [6, 6.07) is 9.11. The van der Waals surface area contributed by atoms with Crippen LogP contribution < -0.4 is 10.6 Å². The Morgan fingerprint density at radius 3 is 2.54 bits per heavy atom. The average molecular weight is 432 g/mol. The van der Waals surface area contributed by atoms with Gasteiger partial charge in [-0.15, -0.1) is 24.8 Å². The van der Waals surface area contributed by atoms with Crippen LogP contribution in [-0.2, 0) is 22.6 Å². The zero-order valence-corrected chi connectivity index (χ0v) is 18.7. The standard InChI is InChI=1S/C21H33N3O2.2ClH/c1-17-7-5-6-14-24(17)16-19-9-4-3-8-18(19)15-23-20(25)21(26-2)10-12-22-13-11-21;;/h3-4,8-9,17,22H,5-7,10-16H2,1-2H3,(H,23,25);2*1H. The first-order valence-electron chi connectivity index (χ1n) is 9.99. The second kappa shape index (κ2) is 12.0. The number of carbonyl (C=O) groups excluding carboxylic acids is 1. The molecule has 2 aliphatic heterocycles. The molecule has 5 nitrogen and oxygen atoms in total. The number of carbonyl (C=O) groups is 1. The van der Waals surface area contributed by atoms with Gasteiger partial charge in [0.05, 0.1) is 0 Å². The molecule has 1 atom stereocenters. The van der Waals surface area contributed by atoms with Crippen LogP contribution in [0.3, 0.4) is 0 Å². The molecule has 0 aliphatic carbocycles. The highest BCUT2D eigenvalue weighted by Crippen LogP contribution is 2.24. The molecule has 7 heteroatoms. The lowest BCUT2D eigenvalue weighted by molar-refractivity contribution is -0.146. The van der Waals surface area contributed by atoms with Gasteiger partial charge in [-0.05, 0) is 63.4 Å². The maximum Gasteiger partial charge on any atom is 0.252 e. The summed E-state index contributed by atoms with van der Waals surface area (Å²) in [6.07, 6.45) is 5.35. The van der Waals surface area contributed by atoms with Crippen LogP contribution in [0.2, 0.25) is 0 Å². The van der Waals surface area contributed by atoms with Gasteiger partial charge in [-0.1, -0.05) is 30.7 Å². The Bertz CT molecular complexity index is 609. The number of ether oxygens (including phenoxy) is 1. The number of rotatable bonds is 6. The van der Waals surface area contributed by atoms with E-state index in [-0.39, 0.29) is 30.7 Å². The predicted molar refractivity (Wildman–Crippen MR) is 118 cm³/mol. The number of methoxy groups -OCH3 is 1. The van der Waals surface area contributed by atoms with E-state index in [1.807, 2.05) is 0 Å². The van der Waals surface area contributed by atoms with Crippen LogP contribution in [-0.4, -0.2) is 49.2 Å². The lowest BCUT2D eigenvalue weighted by Crippen LogP contribution is -2.54. The van der Waals surface area contributed by atoms with E-state index >= 15 is 0 Å². The molecule has 1 aromatic rings. The first-order chi connectivity index (χ1) is 12.6. The van der Waals surface area contributed by atoms with E-state index in [0.29, 0.717) is 12.6 Å². The van der Waals surface area contributed by atoms with Gasteiger partial charge in [-0.25, -0.2) is 0 Å². The molecule has 2 aliphatic rings. The van der Waals surface area contributed by atoms with Crippen LogP contribution in [0, 0.1) is 0 Å². The molecule has 3 rings (SSSR count). The van der Waals surface area contributed by atoms with Gasteiger partial charge in [0.1, 0.15) is 5.60 Å². The Labute approximate surface area is 181 Å². The minimum atomic E-state index is -0.679. The van der Waals surface area contributed by atoms with Crippen LogP contribution >= 0.6 is 24.8 Å². The number of nitrogens with zero attached hydrogens (tertiary/aromatic N) is 1. The molecule has 2 saturated heterocycles. The predicted octanol–water partition coefficient (Wildman–Crippen LogP) is 3.29. The number of likely N-dealkylation sites (tertiary alicyclic amines) is 1. The summed E-state index contributed by atoms with van der Waals surface area (Å²) < 4.78 is 5.63. The second-order valence-corrected chi connectivity index (χ2v) is 7.72. The normalized spacial score (nSPS) is 21.9. The van der Waals surface area contributed by atoms with E-state index in [1.54, 1.807) is 7.11 Å². The van der Waals surface area contributed by atoms with E-state index in [9.17, 15) is 4.79 Å². The molecule has 28 heavy (non-hydrogen) atoms. The van der Waals surface area contributed by atoms with Crippen molar-refractivity contribution >= 4 is 30.7 Å². The van der Waals surface area contributed by atoms with E-state index < -0.39 is 5.60 Å². The maximum atomic E-state index is 12.8. The molecule has 2 fully saturated rings. The van der Waals surface area contributed by atoms with Gasteiger partial charge < -0.3 is 15.4 Å². The van der Waals surface area contributed by atoms with Crippen molar-refractivity contribution in [1.82, 2.24) is 15.5 Å². The number of halogens is 2. The van der Waals surface area contributed by atoms with Crippen molar-refractivity contribution in [2.45, 2.75) is 63.8 Å². The smallest absolute Gasteiger partial charge is 0.252 e. The molecule has 0 saturated carbocycles. The number of benzene rings is 1. The van der Waals surface area contributed by atoms with Crippen molar-refractivity contribution in [2.24, 2.45) is 0 Å². The largest absolute Gasteiger partial charge is 0.368 e. The second-order valence-electron chi connectivity index (χ2n) is 7.72. The molecule has 0 aromatic heterocycles. The fraction of sp³-hybridized carbons (Fsp3) is 0.667. The van der Waals surface area contributed by atoms with Crippen LogP contribution in [0.1, 0.15) is 50.2 Å². The molecular formula is C21H35Cl2N3O2. The third-order valence-electron chi connectivity index (χ3n) is 6.09. The van der Waals surface area contributed by atoms with Crippen molar-refractivity contribution in [2.75, 3.05) is 26.7 Å². The van der Waals surface area contributed by atoms with Gasteiger partial charge in [0.2, 0.25) is 0 Å². The van der Waals surface area contributed by atoms with Gasteiger partial charge in [-0.3, -0.25) is 9.69 Å². The Kier molecular flexibility index (Phi) is 10.8. The number of piperidine rings is 2. The first kappa shape index (κ1) is 25.2. The minimum Gasteiger partial charge on any atom is -0.368 e. The summed E-state index contributed by atoms with van der Waals surface area (Å²) >= 11 is 0.